The molecular weight excluding hydrogens is 368 g/mol. The summed E-state index contributed by atoms with van der Waals surface area (Å²) in [5.41, 5.74) is 4.21. The van der Waals surface area contributed by atoms with Crippen molar-refractivity contribution < 1.29 is 14.4 Å². The fourth-order valence-corrected chi connectivity index (χ4v) is 2.90. The molecule has 0 aliphatic heterocycles. The van der Waals surface area contributed by atoms with E-state index in [0.29, 0.717) is 12.8 Å². The molecule has 0 bridgehead atoms. The zero-order chi connectivity index (χ0) is 21.0. The number of fused-ring (bicyclic) bond motifs is 1. The Morgan fingerprint density at radius 3 is 2.46 bits per heavy atom. The molecule has 3 amide bonds. The highest BCUT2D eigenvalue weighted by Gasteiger charge is 2.27. The Hall–Kier alpha value is -3.24. The van der Waals surface area contributed by atoms with Crippen LogP contribution in [0.25, 0.3) is 11.2 Å². The molecule has 2 aromatic rings. The number of aromatic nitrogens is 4. The van der Waals surface area contributed by atoms with E-state index in [9.17, 15) is 24.0 Å². The molecular formula is C17H24N6O5. The van der Waals surface area contributed by atoms with Crippen molar-refractivity contribution in [3.63, 3.8) is 0 Å². The molecule has 0 radical (unpaired) electrons. The van der Waals surface area contributed by atoms with Gasteiger partial charge >= 0.3 is 5.69 Å². The zero-order valence-electron chi connectivity index (χ0n) is 16.1. The van der Waals surface area contributed by atoms with Crippen LogP contribution in [0.5, 0.6) is 0 Å². The van der Waals surface area contributed by atoms with E-state index in [1.807, 2.05) is 6.92 Å². The van der Waals surface area contributed by atoms with Crippen LogP contribution in [-0.2, 0) is 28.5 Å². The van der Waals surface area contributed by atoms with Crippen LogP contribution < -0.4 is 22.3 Å². The number of nitrogens with zero attached hydrogens (tertiary/aromatic N) is 3. The van der Waals surface area contributed by atoms with Crippen LogP contribution in [0.2, 0.25) is 0 Å². The molecule has 11 nitrogen and oxygen atoms in total. The Morgan fingerprint density at radius 2 is 1.86 bits per heavy atom. The Bertz CT molecular complexity index is 1030. The third-order valence-electron chi connectivity index (χ3n) is 4.42. The standard InChI is InChI=1S/C17H24N6O5/c1-4-6-11(25)19-15(26)9(7-5-8-10(18)24)13-20-12-14(21-13)22(2)17(28)23(3)16(12)27/h9H,4-8H2,1-3H3,(H2,18,24)(H,20,21)(H,19,25,26). The van der Waals surface area contributed by atoms with E-state index in [1.54, 1.807) is 0 Å². The summed E-state index contributed by atoms with van der Waals surface area (Å²) in [7, 11) is 2.80. The number of carbonyl (C=O) groups is 3. The molecule has 152 valence electrons. The van der Waals surface area contributed by atoms with Gasteiger partial charge in [0.2, 0.25) is 17.7 Å². The normalized spacial score (nSPS) is 12.1. The van der Waals surface area contributed by atoms with Crippen molar-refractivity contribution in [2.24, 2.45) is 19.8 Å². The number of rotatable bonds is 8. The van der Waals surface area contributed by atoms with Gasteiger partial charge in [-0.15, -0.1) is 0 Å². The summed E-state index contributed by atoms with van der Waals surface area (Å²) in [6, 6.07) is 0. The zero-order valence-corrected chi connectivity index (χ0v) is 16.1. The summed E-state index contributed by atoms with van der Waals surface area (Å²) in [4.78, 5) is 66.9. The van der Waals surface area contributed by atoms with Crippen molar-refractivity contribution in [2.45, 2.75) is 44.9 Å². The monoisotopic (exact) mass is 392 g/mol. The van der Waals surface area contributed by atoms with Crippen LogP contribution in [0.15, 0.2) is 9.59 Å². The molecule has 1 atom stereocenters. The van der Waals surface area contributed by atoms with Gasteiger partial charge in [0.15, 0.2) is 5.65 Å². The maximum Gasteiger partial charge on any atom is 0.332 e. The van der Waals surface area contributed by atoms with Crippen LogP contribution in [0.3, 0.4) is 0 Å². The van der Waals surface area contributed by atoms with Gasteiger partial charge in [-0.25, -0.2) is 9.78 Å². The second-order valence-corrected chi connectivity index (χ2v) is 6.60. The first-order valence-electron chi connectivity index (χ1n) is 8.95. The van der Waals surface area contributed by atoms with E-state index < -0.39 is 34.9 Å². The predicted octanol–water partition coefficient (Wildman–Crippen LogP) is -0.858. The fraction of sp³-hybridized carbons (Fsp3) is 0.529. The summed E-state index contributed by atoms with van der Waals surface area (Å²) >= 11 is 0. The molecule has 0 aromatic carbocycles. The minimum atomic E-state index is -0.910. The van der Waals surface area contributed by atoms with Crippen LogP contribution in [0, 0.1) is 0 Å². The number of nitrogens with two attached hydrogens (primary N) is 1. The Kier molecular flexibility index (Phi) is 6.49. The maximum atomic E-state index is 12.6. The Labute approximate surface area is 159 Å². The molecule has 2 rings (SSSR count). The van der Waals surface area contributed by atoms with Crippen molar-refractivity contribution in [3.05, 3.63) is 26.7 Å². The molecule has 0 spiro atoms. The molecule has 4 N–H and O–H groups in total. The van der Waals surface area contributed by atoms with Crippen molar-refractivity contribution in [2.75, 3.05) is 0 Å². The summed E-state index contributed by atoms with van der Waals surface area (Å²) in [6.45, 7) is 1.81. The first-order chi connectivity index (χ1) is 13.2. The highest BCUT2D eigenvalue weighted by molar-refractivity contribution is 5.98. The number of imide groups is 1. The SMILES string of the molecule is CCCC(=O)NC(=O)C(CCCC(N)=O)c1nc2c([nH]1)c(=O)n(C)c(=O)n2C. The molecule has 0 aliphatic rings. The van der Waals surface area contributed by atoms with Crippen molar-refractivity contribution in [1.29, 1.82) is 0 Å². The van der Waals surface area contributed by atoms with Crippen LogP contribution in [-0.4, -0.2) is 36.8 Å². The van der Waals surface area contributed by atoms with E-state index in [-0.39, 0.29) is 36.3 Å². The lowest BCUT2D eigenvalue weighted by atomic mass is 10.00. The molecule has 0 saturated heterocycles. The molecule has 0 fully saturated rings. The number of hydrogen-bond acceptors (Lipinski definition) is 6. The number of hydrogen-bond donors (Lipinski definition) is 3. The number of nitrogens with one attached hydrogen (secondary N) is 2. The van der Waals surface area contributed by atoms with Crippen molar-refractivity contribution in [3.8, 4) is 0 Å². The number of H-pyrrole nitrogens is 1. The Balaban J connectivity index is 2.45. The van der Waals surface area contributed by atoms with Gasteiger partial charge in [0.1, 0.15) is 11.3 Å². The molecule has 2 heterocycles. The number of carbonyl (C=O) groups excluding carboxylic acids is 3. The van der Waals surface area contributed by atoms with Gasteiger partial charge in [-0.2, -0.15) is 0 Å². The van der Waals surface area contributed by atoms with E-state index in [2.05, 4.69) is 15.3 Å². The lowest BCUT2D eigenvalue weighted by Crippen LogP contribution is -2.36. The predicted molar refractivity (Wildman–Crippen MR) is 100 cm³/mol. The van der Waals surface area contributed by atoms with Gasteiger partial charge in [0, 0.05) is 26.9 Å². The summed E-state index contributed by atoms with van der Waals surface area (Å²) < 4.78 is 2.12. The van der Waals surface area contributed by atoms with E-state index in [1.165, 1.54) is 18.7 Å². The molecule has 0 aliphatic carbocycles. The molecule has 28 heavy (non-hydrogen) atoms. The maximum absolute atomic E-state index is 12.6. The second kappa shape index (κ2) is 8.63. The van der Waals surface area contributed by atoms with Gasteiger partial charge in [0.05, 0.1) is 5.92 Å². The van der Waals surface area contributed by atoms with E-state index >= 15 is 0 Å². The molecule has 0 saturated carbocycles. The third-order valence-corrected chi connectivity index (χ3v) is 4.42. The van der Waals surface area contributed by atoms with Gasteiger partial charge in [-0.3, -0.25) is 33.6 Å². The average molecular weight is 392 g/mol. The van der Waals surface area contributed by atoms with Gasteiger partial charge in [-0.1, -0.05) is 6.92 Å². The smallest absolute Gasteiger partial charge is 0.332 e. The largest absolute Gasteiger partial charge is 0.370 e. The lowest BCUT2D eigenvalue weighted by Gasteiger charge is -2.13. The van der Waals surface area contributed by atoms with Crippen LogP contribution in [0.1, 0.15) is 50.8 Å². The average Bonchev–Trinajstić information content (AvgIpc) is 3.06. The van der Waals surface area contributed by atoms with Crippen LogP contribution in [0.4, 0.5) is 0 Å². The Morgan fingerprint density at radius 1 is 1.18 bits per heavy atom. The van der Waals surface area contributed by atoms with Crippen molar-refractivity contribution >= 4 is 28.9 Å². The lowest BCUT2D eigenvalue weighted by molar-refractivity contribution is -0.131. The highest BCUT2D eigenvalue weighted by atomic mass is 16.2. The summed E-state index contributed by atoms with van der Waals surface area (Å²) in [5, 5.41) is 2.31. The quantitative estimate of drug-likeness (QED) is 0.529. The van der Waals surface area contributed by atoms with E-state index in [0.717, 1.165) is 4.57 Å². The first kappa shape index (κ1) is 21.1. The molecule has 2 aromatic heterocycles. The summed E-state index contributed by atoms with van der Waals surface area (Å²) in [5.74, 6) is -2.30. The number of amides is 3. The minimum absolute atomic E-state index is 0.0627. The number of imidazole rings is 1. The minimum Gasteiger partial charge on any atom is -0.370 e. The van der Waals surface area contributed by atoms with Gasteiger partial charge in [-0.05, 0) is 19.3 Å². The fourth-order valence-electron chi connectivity index (χ4n) is 2.90. The second-order valence-electron chi connectivity index (χ2n) is 6.60. The number of aromatic amines is 1. The van der Waals surface area contributed by atoms with Crippen molar-refractivity contribution in [1.82, 2.24) is 24.4 Å². The third kappa shape index (κ3) is 4.35. The topological polar surface area (TPSA) is 162 Å². The molecule has 11 heteroatoms. The number of aryl methyl sites for hydroxylation is 1. The number of primary amides is 1. The van der Waals surface area contributed by atoms with Gasteiger partial charge < -0.3 is 10.7 Å². The highest BCUT2D eigenvalue weighted by Crippen LogP contribution is 2.21. The van der Waals surface area contributed by atoms with Crippen LogP contribution >= 0.6 is 0 Å². The summed E-state index contributed by atoms with van der Waals surface area (Å²) in [6.07, 6.45) is 1.31. The van der Waals surface area contributed by atoms with Gasteiger partial charge in [0.25, 0.3) is 5.56 Å². The molecule has 1 unspecified atom stereocenters. The first-order valence-corrected chi connectivity index (χ1v) is 8.95. The van der Waals surface area contributed by atoms with E-state index in [4.69, 9.17) is 5.73 Å².